The summed E-state index contributed by atoms with van der Waals surface area (Å²) in [5.41, 5.74) is 9.91. The molecule has 0 radical (unpaired) electrons. The Morgan fingerprint density at radius 2 is 0.875 bits per heavy atom. The van der Waals surface area contributed by atoms with Crippen molar-refractivity contribution in [2.75, 3.05) is 0 Å². The van der Waals surface area contributed by atoms with Crippen LogP contribution in [0.4, 0.5) is 0 Å². The molecule has 2 nitrogen and oxygen atoms in total. The van der Waals surface area contributed by atoms with Crippen LogP contribution < -0.4 is 0 Å². The van der Waals surface area contributed by atoms with Crippen LogP contribution in [0.5, 0.6) is 0 Å². The van der Waals surface area contributed by atoms with Crippen molar-refractivity contribution in [3.8, 4) is 11.4 Å². The fourth-order valence-electron chi connectivity index (χ4n) is 3.78. The van der Waals surface area contributed by atoms with Gasteiger partial charge in [-0.05, 0) is 0 Å². The standard InChI is InChI=1S/C21H24N2.Cu/c1-14-9-16(3)20(17(4)10-14)22-7-8-23(13-22)21-18(5)11-15(2)12-19(21)6;/h7-12H,1-6H3;. The normalized spacial score (nSPS) is 11.2. The third kappa shape index (κ3) is 2.83. The molecule has 3 rings (SSSR count). The molecule has 0 bridgehead atoms. The number of hydrogen-bond donors (Lipinski definition) is 0. The number of hydrogen-bond acceptors (Lipinski definition) is 0. The van der Waals surface area contributed by atoms with Crippen molar-refractivity contribution >= 4 is 0 Å². The van der Waals surface area contributed by atoms with Gasteiger partial charge in [-0.3, -0.25) is 0 Å². The van der Waals surface area contributed by atoms with Crippen LogP contribution in [-0.4, -0.2) is 9.13 Å². The first kappa shape index (κ1) is 17.0. The molecule has 0 unspecified atom stereocenters. The van der Waals surface area contributed by atoms with Gasteiger partial charge in [-0.2, -0.15) is 0 Å². The maximum absolute atomic E-state index is 6.00. The van der Waals surface area contributed by atoms with E-state index in [1.165, 1.54) is 44.8 Å². The van der Waals surface area contributed by atoms with Crippen LogP contribution in [0.2, 0.25) is 0 Å². The second kappa shape index (κ2) is 6.23. The van der Waals surface area contributed by atoms with E-state index in [9.17, 15) is 0 Å². The molecule has 0 aliphatic heterocycles. The predicted octanol–water partition coefficient (Wildman–Crippen LogP) is 5.20. The Bertz CT molecular complexity index is 865. The van der Waals surface area contributed by atoms with Gasteiger partial charge in [0, 0.05) is 0 Å². The molecular weight excluding hydrogens is 344 g/mol. The Balaban J connectivity index is 2.24. The van der Waals surface area contributed by atoms with Crippen molar-refractivity contribution in [2.24, 2.45) is 0 Å². The van der Waals surface area contributed by atoms with E-state index < -0.39 is 0 Å². The van der Waals surface area contributed by atoms with Crippen molar-refractivity contribution in [3.05, 3.63) is 74.4 Å². The molecule has 0 fully saturated rings. The molecule has 1 heterocycles. The molecule has 129 valence electrons. The number of aryl methyl sites for hydroxylation is 6. The summed E-state index contributed by atoms with van der Waals surface area (Å²) in [5.74, 6) is 0. The van der Waals surface area contributed by atoms with Crippen LogP contribution in [0.3, 0.4) is 0 Å². The zero-order valence-electron chi connectivity index (χ0n) is 15.2. The Morgan fingerprint density at radius 3 is 1.17 bits per heavy atom. The zero-order chi connectivity index (χ0) is 17.6. The molecule has 3 aromatic rings. The number of aromatic nitrogens is 2. The van der Waals surface area contributed by atoms with E-state index in [-0.39, 0.29) is 0 Å². The third-order valence-electron chi connectivity index (χ3n) is 4.48. The zero-order valence-corrected chi connectivity index (χ0v) is 16.1. The van der Waals surface area contributed by atoms with Gasteiger partial charge in [-0.15, -0.1) is 0 Å². The van der Waals surface area contributed by atoms with E-state index in [0.29, 0.717) is 0 Å². The average Bonchev–Trinajstić information content (AvgIpc) is 2.79. The number of rotatable bonds is 2. The molecule has 1 aromatic heterocycles. The van der Waals surface area contributed by atoms with E-state index in [2.05, 4.69) is 87.3 Å². The van der Waals surface area contributed by atoms with Gasteiger partial charge in [0.1, 0.15) is 0 Å². The molecule has 0 N–H and O–H groups in total. The van der Waals surface area contributed by atoms with E-state index in [1.807, 2.05) is 0 Å². The SMILES string of the molecule is Cc1cc(C)c(-n2ccn(-c3c(C)cc(C)cc3C)[c]2=[Cu])c(C)c1. The number of benzene rings is 2. The summed E-state index contributed by atoms with van der Waals surface area (Å²) in [5, 5.41) is 0. The summed E-state index contributed by atoms with van der Waals surface area (Å²) in [6, 6.07) is 8.84. The second-order valence-electron chi connectivity index (χ2n) is 6.77. The van der Waals surface area contributed by atoms with Gasteiger partial charge in [-0.25, -0.2) is 0 Å². The fraction of sp³-hybridized carbons (Fsp3) is 0.286. The van der Waals surface area contributed by atoms with Gasteiger partial charge in [0.15, 0.2) is 0 Å². The minimum absolute atomic E-state index is 0.785. The molecule has 0 saturated carbocycles. The van der Waals surface area contributed by atoms with E-state index in [1.54, 1.807) is 0 Å². The second-order valence-corrected chi connectivity index (χ2v) is 7.19. The van der Waals surface area contributed by atoms with Crippen LogP contribution in [0.25, 0.3) is 11.4 Å². The minimum atomic E-state index is 0.785. The van der Waals surface area contributed by atoms with E-state index >= 15 is 0 Å². The molecular formula is C21H24CuN2. The van der Waals surface area contributed by atoms with Crippen molar-refractivity contribution in [1.29, 1.82) is 0 Å². The quantitative estimate of drug-likeness (QED) is 0.551. The monoisotopic (exact) mass is 367 g/mol. The summed E-state index contributed by atoms with van der Waals surface area (Å²) in [6.45, 7) is 12.9. The van der Waals surface area contributed by atoms with Gasteiger partial charge in [0.05, 0.1) is 0 Å². The molecule has 3 heteroatoms. The third-order valence-corrected chi connectivity index (χ3v) is 4.93. The van der Waals surface area contributed by atoms with E-state index in [0.717, 1.165) is 4.32 Å². The van der Waals surface area contributed by atoms with Crippen molar-refractivity contribution < 1.29 is 15.6 Å². The first-order valence-electron chi connectivity index (χ1n) is 8.20. The summed E-state index contributed by atoms with van der Waals surface area (Å²) in [4.78, 5) is 0. The van der Waals surface area contributed by atoms with Gasteiger partial charge < -0.3 is 0 Å². The topological polar surface area (TPSA) is 9.86 Å². The Morgan fingerprint density at radius 1 is 0.583 bits per heavy atom. The first-order valence-corrected chi connectivity index (χ1v) is 8.68. The summed E-state index contributed by atoms with van der Waals surface area (Å²) < 4.78 is 5.01. The van der Waals surface area contributed by atoms with E-state index in [4.69, 9.17) is 15.6 Å². The van der Waals surface area contributed by atoms with Crippen LogP contribution in [0, 0.1) is 45.9 Å². The van der Waals surface area contributed by atoms with Gasteiger partial charge >= 0.3 is 152 Å². The summed E-state index contributed by atoms with van der Waals surface area (Å²) >= 11 is 6.00. The van der Waals surface area contributed by atoms with Crippen LogP contribution in [0.1, 0.15) is 33.4 Å². The Kier molecular flexibility index (Phi) is 4.42. The molecule has 0 aliphatic carbocycles. The molecule has 0 amide bonds. The van der Waals surface area contributed by atoms with Gasteiger partial charge in [0.2, 0.25) is 0 Å². The number of nitrogens with zero attached hydrogens (tertiary/aromatic N) is 2. The Hall–Kier alpha value is -1.83. The predicted molar refractivity (Wildman–Crippen MR) is 96.8 cm³/mol. The van der Waals surface area contributed by atoms with Crippen LogP contribution in [-0.2, 0) is 15.6 Å². The summed E-state index contributed by atoms with van der Waals surface area (Å²) in [6.07, 6.45) is 4.14. The van der Waals surface area contributed by atoms with Gasteiger partial charge in [0.25, 0.3) is 0 Å². The first-order chi connectivity index (χ1) is 11.3. The van der Waals surface area contributed by atoms with Crippen molar-refractivity contribution in [1.82, 2.24) is 9.13 Å². The van der Waals surface area contributed by atoms with Gasteiger partial charge in [-0.1, -0.05) is 0 Å². The molecule has 24 heavy (non-hydrogen) atoms. The summed E-state index contributed by atoms with van der Waals surface area (Å²) in [7, 11) is 0. The van der Waals surface area contributed by atoms with Crippen molar-refractivity contribution in [3.63, 3.8) is 0 Å². The molecule has 2 aromatic carbocycles. The maximum atomic E-state index is 6.00. The van der Waals surface area contributed by atoms with Crippen LogP contribution in [0.15, 0.2) is 36.7 Å². The molecule has 0 saturated heterocycles. The Labute approximate surface area is 152 Å². The molecule has 0 atom stereocenters. The fourth-order valence-corrected chi connectivity index (χ4v) is 4.13. The molecule has 0 aliphatic rings. The van der Waals surface area contributed by atoms with Crippen LogP contribution >= 0.6 is 0 Å². The number of imidazole rings is 1. The molecule has 0 spiro atoms. The van der Waals surface area contributed by atoms with Crippen molar-refractivity contribution in [2.45, 2.75) is 41.5 Å². The average molecular weight is 368 g/mol.